The minimum absolute atomic E-state index is 0.0491. The van der Waals surface area contributed by atoms with Gasteiger partial charge in [0.05, 0.1) is 12.7 Å². The van der Waals surface area contributed by atoms with Crippen molar-refractivity contribution in [2.75, 3.05) is 6.61 Å². The number of aromatic hydroxyl groups is 1. The predicted molar refractivity (Wildman–Crippen MR) is 64.5 cm³/mol. The van der Waals surface area contributed by atoms with E-state index in [9.17, 15) is 20.1 Å². The summed E-state index contributed by atoms with van der Waals surface area (Å²) in [5, 5.41) is 38.0. The number of carbonyl (C=O) groups is 1. The lowest BCUT2D eigenvalue weighted by Crippen LogP contribution is -2.49. The molecule has 1 aliphatic heterocycles. The van der Waals surface area contributed by atoms with E-state index in [1.54, 1.807) is 0 Å². The van der Waals surface area contributed by atoms with Gasteiger partial charge in [-0.15, -0.1) is 0 Å². The van der Waals surface area contributed by atoms with Gasteiger partial charge in [-0.05, 0) is 24.3 Å². The predicted octanol–water partition coefficient (Wildman–Crippen LogP) is -0.348. The summed E-state index contributed by atoms with van der Waals surface area (Å²) in [4.78, 5) is 12.0. The highest BCUT2D eigenvalue weighted by Gasteiger charge is 2.38. The van der Waals surface area contributed by atoms with Crippen LogP contribution in [0.5, 0.6) is 5.75 Å². The van der Waals surface area contributed by atoms with Crippen LogP contribution in [0.25, 0.3) is 0 Å². The van der Waals surface area contributed by atoms with Crippen molar-refractivity contribution in [2.24, 2.45) is 5.92 Å². The summed E-state index contributed by atoms with van der Waals surface area (Å²) >= 11 is 0. The largest absolute Gasteiger partial charge is 0.508 e. The van der Waals surface area contributed by atoms with E-state index in [0.717, 1.165) is 0 Å². The Morgan fingerprint density at radius 1 is 1.21 bits per heavy atom. The van der Waals surface area contributed by atoms with Gasteiger partial charge in [-0.2, -0.15) is 0 Å². The molecule has 0 aliphatic carbocycles. The monoisotopic (exact) mass is 268 g/mol. The van der Waals surface area contributed by atoms with Crippen LogP contribution in [0.3, 0.4) is 0 Å². The molecule has 0 saturated carbocycles. The molecule has 1 fully saturated rings. The average molecular weight is 268 g/mol. The molecule has 19 heavy (non-hydrogen) atoms. The van der Waals surface area contributed by atoms with E-state index in [1.807, 2.05) is 0 Å². The number of Topliss-reactive ketones (excluding diaryl/α,β-unsaturated/α-hetero) is 1. The molecule has 0 amide bonds. The van der Waals surface area contributed by atoms with Gasteiger partial charge in [0.15, 0.2) is 12.1 Å². The number of ketones is 1. The number of aliphatic hydroxyl groups is 3. The molecule has 6 nitrogen and oxygen atoms in total. The Hall–Kier alpha value is -1.47. The number of ether oxygens (including phenoxy) is 1. The Labute approximate surface area is 109 Å². The molecule has 1 aromatic carbocycles. The van der Waals surface area contributed by atoms with Crippen molar-refractivity contribution in [3.8, 4) is 5.75 Å². The first kappa shape index (κ1) is 14.0. The van der Waals surface area contributed by atoms with Crippen LogP contribution in [-0.4, -0.2) is 51.3 Å². The molecule has 1 heterocycles. The first-order valence-electron chi connectivity index (χ1n) is 5.97. The number of phenolic OH excluding ortho intramolecular Hbond substituents is 1. The molecule has 4 atom stereocenters. The van der Waals surface area contributed by atoms with E-state index in [2.05, 4.69) is 0 Å². The van der Waals surface area contributed by atoms with Gasteiger partial charge in [0.2, 0.25) is 0 Å². The first-order valence-corrected chi connectivity index (χ1v) is 5.97. The Morgan fingerprint density at radius 2 is 1.84 bits per heavy atom. The molecule has 0 aromatic heterocycles. The second-order valence-electron chi connectivity index (χ2n) is 4.62. The third-order valence-electron chi connectivity index (χ3n) is 3.25. The molecule has 0 bridgehead atoms. The minimum Gasteiger partial charge on any atom is -0.508 e. The lowest BCUT2D eigenvalue weighted by Gasteiger charge is -2.35. The lowest BCUT2D eigenvalue weighted by molar-refractivity contribution is -0.229. The molecule has 6 heteroatoms. The maximum atomic E-state index is 12.0. The van der Waals surface area contributed by atoms with E-state index >= 15 is 0 Å². The topological polar surface area (TPSA) is 107 Å². The van der Waals surface area contributed by atoms with Gasteiger partial charge in [-0.3, -0.25) is 4.79 Å². The Balaban J connectivity index is 2.07. The maximum Gasteiger partial charge on any atom is 0.163 e. The summed E-state index contributed by atoms with van der Waals surface area (Å²) in [6.07, 6.45) is -3.74. The molecule has 1 unspecified atom stereocenters. The summed E-state index contributed by atoms with van der Waals surface area (Å²) in [6, 6.07) is 5.67. The highest BCUT2D eigenvalue weighted by atomic mass is 16.6. The molecule has 1 saturated heterocycles. The summed E-state index contributed by atoms with van der Waals surface area (Å²) in [5.41, 5.74) is 0.359. The summed E-state index contributed by atoms with van der Waals surface area (Å²) in [5.74, 6) is -1.13. The smallest absolute Gasteiger partial charge is 0.163 e. The minimum atomic E-state index is -1.28. The van der Waals surface area contributed by atoms with Gasteiger partial charge in [0, 0.05) is 17.9 Å². The molecule has 1 aromatic rings. The fourth-order valence-electron chi connectivity index (χ4n) is 2.07. The van der Waals surface area contributed by atoms with E-state index < -0.39 is 24.4 Å². The lowest BCUT2D eigenvalue weighted by atomic mass is 9.88. The molecule has 0 radical (unpaired) electrons. The third-order valence-corrected chi connectivity index (χ3v) is 3.25. The van der Waals surface area contributed by atoms with Gasteiger partial charge in [0.25, 0.3) is 0 Å². The van der Waals surface area contributed by atoms with Gasteiger partial charge in [0.1, 0.15) is 11.9 Å². The van der Waals surface area contributed by atoms with Crippen molar-refractivity contribution in [3.63, 3.8) is 0 Å². The number of phenols is 1. The highest BCUT2D eigenvalue weighted by molar-refractivity contribution is 5.96. The molecule has 2 rings (SSSR count). The van der Waals surface area contributed by atoms with Crippen molar-refractivity contribution >= 4 is 5.78 Å². The van der Waals surface area contributed by atoms with Gasteiger partial charge in [-0.25, -0.2) is 0 Å². The number of hydrogen-bond acceptors (Lipinski definition) is 6. The zero-order valence-electron chi connectivity index (χ0n) is 10.1. The second-order valence-corrected chi connectivity index (χ2v) is 4.62. The van der Waals surface area contributed by atoms with E-state index in [4.69, 9.17) is 9.84 Å². The van der Waals surface area contributed by atoms with Crippen molar-refractivity contribution in [1.29, 1.82) is 0 Å². The van der Waals surface area contributed by atoms with Gasteiger partial charge < -0.3 is 25.2 Å². The standard InChI is InChI=1S/C13H16O6/c14-8-3-1-7(2-4-8)10(15)5-9-12(17)11(16)6-19-13(9)18/h1-4,9,11-14,16-18H,5-6H2/t9-,11-,12-,13?/m1/s1. The zero-order chi connectivity index (χ0) is 14.0. The molecular formula is C13H16O6. The van der Waals surface area contributed by atoms with Gasteiger partial charge in [-0.1, -0.05) is 0 Å². The fourth-order valence-corrected chi connectivity index (χ4v) is 2.07. The number of hydrogen-bond donors (Lipinski definition) is 4. The van der Waals surface area contributed by atoms with Crippen LogP contribution < -0.4 is 0 Å². The van der Waals surface area contributed by atoms with E-state index in [1.165, 1.54) is 24.3 Å². The second kappa shape index (κ2) is 5.66. The Kier molecular flexibility index (Phi) is 4.16. The van der Waals surface area contributed by atoms with Crippen LogP contribution in [-0.2, 0) is 4.74 Å². The van der Waals surface area contributed by atoms with Crippen LogP contribution >= 0.6 is 0 Å². The molecule has 1 aliphatic rings. The quantitative estimate of drug-likeness (QED) is 0.558. The summed E-state index contributed by atoms with van der Waals surface area (Å²) in [7, 11) is 0. The van der Waals surface area contributed by atoms with Crippen LogP contribution in [0.1, 0.15) is 16.8 Å². The maximum absolute atomic E-state index is 12.0. The van der Waals surface area contributed by atoms with Crippen molar-refractivity contribution in [3.05, 3.63) is 29.8 Å². The number of aliphatic hydroxyl groups excluding tert-OH is 3. The molecule has 4 N–H and O–H groups in total. The average Bonchev–Trinajstić information content (AvgIpc) is 2.40. The van der Waals surface area contributed by atoms with Crippen LogP contribution in [0.2, 0.25) is 0 Å². The van der Waals surface area contributed by atoms with E-state index in [-0.39, 0.29) is 24.6 Å². The van der Waals surface area contributed by atoms with Crippen LogP contribution in [0.15, 0.2) is 24.3 Å². The molecular weight excluding hydrogens is 252 g/mol. The van der Waals surface area contributed by atoms with Gasteiger partial charge >= 0.3 is 0 Å². The SMILES string of the molecule is O=C(C[C@H]1C(O)OC[C@@H](O)[C@@H]1O)c1ccc(O)cc1. The van der Waals surface area contributed by atoms with Crippen molar-refractivity contribution < 1.29 is 30.0 Å². The first-order chi connectivity index (χ1) is 8.99. The summed E-state index contributed by atoms with van der Waals surface area (Å²) in [6.45, 7) is -0.160. The molecule has 0 spiro atoms. The number of benzene rings is 1. The number of carbonyl (C=O) groups excluding carboxylic acids is 1. The fraction of sp³-hybridized carbons (Fsp3) is 0.462. The number of rotatable bonds is 3. The normalized spacial score (nSPS) is 31.1. The highest BCUT2D eigenvalue weighted by Crippen LogP contribution is 2.25. The zero-order valence-corrected chi connectivity index (χ0v) is 10.1. The third kappa shape index (κ3) is 3.10. The Bertz CT molecular complexity index is 443. The molecule has 104 valence electrons. The van der Waals surface area contributed by atoms with Crippen molar-refractivity contribution in [2.45, 2.75) is 24.9 Å². The van der Waals surface area contributed by atoms with Crippen molar-refractivity contribution in [1.82, 2.24) is 0 Å². The van der Waals surface area contributed by atoms with Crippen LogP contribution in [0.4, 0.5) is 0 Å². The van der Waals surface area contributed by atoms with E-state index in [0.29, 0.717) is 5.56 Å². The van der Waals surface area contributed by atoms with Crippen LogP contribution in [0, 0.1) is 5.92 Å². The Morgan fingerprint density at radius 3 is 2.47 bits per heavy atom. The summed E-state index contributed by atoms with van der Waals surface area (Å²) < 4.78 is 4.88.